The SMILES string of the molecule is O=C(O)CCC(NC(=O)N(CC(=O)O)C(CCCCNC(=O)OCc1ccccc1)C(=O)O)C(=O)O. The molecule has 0 saturated carbocycles. The van der Waals surface area contributed by atoms with E-state index in [0.29, 0.717) is 4.90 Å². The number of carbonyl (C=O) groups is 6. The van der Waals surface area contributed by atoms with Gasteiger partial charge < -0.3 is 35.8 Å². The molecular formula is C22H29N3O11. The number of rotatable bonds is 16. The van der Waals surface area contributed by atoms with Crippen molar-refractivity contribution in [3.63, 3.8) is 0 Å². The van der Waals surface area contributed by atoms with Crippen molar-refractivity contribution in [2.24, 2.45) is 0 Å². The Morgan fingerprint density at radius 2 is 1.53 bits per heavy atom. The third kappa shape index (κ3) is 11.7. The Morgan fingerprint density at radius 1 is 0.861 bits per heavy atom. The average Bonchev–Trinajstić information content (AvgIpc) is 2.81. The van der Waals surface area contributed by atoms with Crippen LogP contribution in [0.2, 0.25) is 0 Å². The first kappa shape index (κ1) is 29.7. The number of alkyl carbamates (subject to hydrolysis) is 1. The number of nitrogens with one attached hydrogen (secondary N) is 2. The molecule has 198 valence electrons. The summed E-state index contributed by atoms with van der Waals surface area (Å²) in [5.74, 6) is -5.91. The molecule has 1 aromatic carbocycles. The quantitative estimate of drug-likeness (QED) is 0.171. The van der Waals surface area contributed by atoms with Crippen LogP contribution in [-0.4, -0.2) is 86.5 Å². The van der Waals surface area contributed by atoms with Crippen LogP contribution in [0.25, 0.3) is 0 Å². The summed E-state index contributed by atoms with van der Waals surface area (Å²) in [4.78, 5) is 69.8. The maximum absolute atomic E-state index is 12.6. The van der Waals surface area contributed by atoms with Crippen LogP contribution < -0.4 is 10.6 Å². The van der Waals surface area contributed by atoms with Crippen LogP contribution in [0.3, 0.4) is 0 Å². The summed E-state index contributed by atoms with van der Waals surface area (Å²) in [5, 5.41) is 41.0. The number of amides is 3. The van der Waals surface area contributed by atoms with Crippen LogP contribution in [-0.2, 0) is 30.5 Å². The lowest BCUT2D eigenvalue weighted by molar-refractivity contribution is -0.145. The zero-order valence-electron chi connectivity index (χ0n) is 19.3. The first-order chi connectivity index (χ1) is 17.0. The van der Waals surface area contributed by atoms with Crippen LogP contribution >= 0.6 is 0 Å². The Labute approximate surface area is 205 Å². The van der Waals surface area contributed by atoms with Crippen molar-refractivity contribution in [1.82, 2.24) is 15.5 Å². The highest BCUT2D eigenvalue weighted by molar-refractivity contribution is 5.88. The number of benzene rings is 1. The van der Waals surface area contributed by atoms with Crippen molar-refractivity contribution >= 4 is 36.0 Å². The van der Waals surface area contributed by atoms with Gasteiger partial charge in [0.25, 0.3) is 0 Å². The predicted molar refractivity (Wildman–Crippen MR) is 121 cm³/mol. The highest BCUT2D eigenvalue weighted by Gasteiger charge is 2.33. The molecule has 14 nitrogen and oxygen atoms in total. The van der Waals surface area contributed by atoms with E-state index in [4.69, 9.17) is 14.9 Å². The van der Waals surface area contributed by atoms with Gasteiger partial charge in [0, 0.05) is 13.0 Å². The standard InChI is InChI=1S/C22H29N3O11/c26-17(27)10-9-15(19(30)31)24-21(34)25(12-18(28)29)16(20(32)33)8-4-5-11-23-22(35)36-13-14-6-2-1-3-7-14/h1-3,6-7,15-16H,4-5,8-13H2,(H,23,35)(H,24,34)(H,26,27)(H,28,29)(H,30,31)(H,32,33). The zero-order valence-corrected chi connectivity index (χ0v) is 19.3. The third-order valence-corrected chi connectivity index (χ3v) is 4.86. The zero-order chi connectivity index (χ0) is 27.1. The Bertz CT molecular complexity index is 923. The van der Waals surface area contributed by atoms with Crippen molar-refractivity contribution in [2.75, 3.05) is 13.1 Å². The number of unbranched alkanes of at least 4 members (excludes halogenated alkanes) is 1. The monoisotopic (exact) mass is 511 g/mol. The van der Waals surface area contributed by atoms with E-state index >= 15 is 0 Å². The fourth-order valence-corrected chi connectivity index (χ4v) is 3.07. The van der Waals surface area contributed by atoms with Crippen molar-refractivity contribution < 1.29 is 53.9 Å². The van der Waals surface area contributed by atoms with Crippen molar-refractivity contribution in [1.29, 1.82) is 0 Å². The van der Waals surface area contributed by atoms with E-state index in [1.807, 2.05) is 11.4 Å². The molecule has 0 aliphatic heterocycles. The Balaban J connectivity index is 2.63. The topological polar surface area (TPSA) is 220 Å². The molecule has 1 aromatic rings. The molecule has 6 N–H and O–H groups in total. The minimum atomic E-state index is -1.66. The highest BCUT2D eigenvalue weighted by atomic mass is 16.5. The van der Waals surface area contributed by atoms with E-state index in [2.05, 4.69) is 5.32 Å². The van der Waals surface area contributed by atoms with E-state index in [-0.39, 0.29) is 32.4 Å². The second-order valence-corrected chi connectivity index (χ2v) is 7.63. The normalized spacial score (nSPS) is 12.0. The lowest BCUT2D eigenvalue weighted by Gasteiger charge is -2.29. The Hall–Kier alpha value is -4.36. The molecule has 0 saturated heterocycles. The van der Waals surface area contributed by atoms with Gasteiger partial charge in [0.15, 0.2) is 0 Å². The van der Waals surface area contributed by atoms with Gasteiger partial charge in [0.05, 0.1) is 0 Å². The summed E-state index contributed by atoms with van der Waals surface area (Å²) in [6, 6.07) is 4.42. The minimum absolute atomic E-state index is 0.0663. The number of carboxylic acid groups (broad SMARTS) is 4. The maximum atomic E-state index is 12.6. The molecule has 3 amide bonds. The van der Waals surface area contributed by atoms with Crippen LogP contribution in [0, 0.1) is 0 Å². The lowest BCUT2D eigenvalue weighted by Crippen LogP contribution is -2.55. The number of carboxylic acids is 4. The predicted octanol–water partition coefficient (Wildman–Crippen LogP) is 0.951. The van der Waals surface area contributed by atoms with E-state index in [9.17, 15) is 39.0 Å². The van der Waals surface area contributed by atoms with Crippen molar-refractivity contribution in [3.05, 3.63) is 35.9 Å². The van der Waals surface area contributed by atoms with Crippen molar-refractivity contribution in [2.45, 2.75) is 50.8 Å². The molecule has 36 heavy (non-hydrogen) atoms. The van der Waals surface area contributed by atoms with Crippen LogP contribution in [0.4, 0.5) is 9.59 Å². The number of carbonyl (C=O) groups excluding carboxylic acids is 2. The van der Waals surface area contributed by atoms with Crippen LogP contribution in [0.5, 0.6) is 0 Å². The van der Waals surface area contributed by atoms with Crippen LogP contribution in [0.15, 0.2) is 30.3 Å². The Kier molecular flexibility index (Phi) is 12.8. The van der Waals surface area contributed by atoms with Gasteiger partial charge in [0.1, 0.15) is 25.2 Å². The molecule has 14 heteroatoms. The van der Waals surface area contributed by atoms with Gasteiger partial charge in [-0.2, -0.15) is 0 Å². The summed E-state index contributed by atoms with van der Waals surface area (Å²) in [7, 11) is 0. The molecule has 1 rings (SSSR count). The summed E-state index contributed by atoms with van der Waals surface area (Å²) < 4.78 is 5.04. The number of urea groups is 1. The number of aliphatic carboxylic acids is 4. The Morgan fingerprint density at radius 3 is 2.08 bits per heavy atom. The third-order valence-electron chi connectivity index (χ3n) is 4.86. The average molecular weight is 511 g/mol. The number of nitrogens with zero attached hydrogens (tertiary/aromatic N) is 1. The second-order valence-electron chi connectivity index (χ2n) is 7.63. The first-order valence-corrected chi connectivity index (χ1v) is 10.9. The molecule has 2 unspecified atom stereocenters. The first-order valence-electron chi connectivity index (χ1n) is 10.9. The number of ether oxygens (including phenoxy) is 1. The lowest BCUT2D eigenvalue weighted by atomic mass is 10.1. The summed E-state index contributed by atoms with van der Waals surface area (Å²) in [6.45, 7) is -0.837. The maximum Gasteiger partial charge on any atom is 0.407 e. The van der Waals surface area contributed by atoms with Gasteiger partial charge in [-0.15, -0.1) is 0 Å². The van der Waals surface area contributed by atoms with Gasteiger partial charge in [-0.25, -0.2) is 19.2 Å². The van der Waals surface area contributed by atoms with Gasteiger partial charge in [-0.1, -0.05) is 30.3 Å². The van der Waals surface area contributed by atoms with Gasteiger partial charge in [-0.3, -0.25) is 14.5 Å². The molecule has 0 heterocycles. The van der Waals surface area contributed by atoms with E-state index in [1.165, 1.54) is 0 Å². The molecule has 2 atom stereocenters. The molecule has 0 radical (unpaired) electrons. The molecule has 0 aromatic heterocycles. The molecular weight excluding hydrogens is 482 g/mol. The van der Waals surface area contributed by atoms with Gasteiger partial charge >= 0.3 is 36.0 Å². The van der Waals surface area contributed by atoms with E-state index in [1.54, 1.807) is 24.3 Å². The van der Waals surface area contributed by atoms with Gasteiger partial charge in [0.2, 0.25) is 0 Å². The van der Waals surface area contributed by atoms with E-state index in [0.717, 1.165) is 5.56 Å². The number of hydrogen-bond acceptors (Lipinski definition) is 7. The number of hydrogen-bond donors (Lipinski definition) is 6. The summed E-state index contributed by atoms with van der Waals surface area (Å²) in [5.41, 5.74) is 0.793. The molecule has 0 fully saturated rings. The smallest absolute Gasteiger partial charge is 0.407 e. The molecule has 0 spiro atoms. The fraction of sp³-hybridized carbons (Fsp3) is 0.455. The highest BCUT2D eigenvalue weighted by Crippen LogP contribution is 2.12. The second kappa shape index (κ2) is 15.5. The molecule has 0 bridgehead atoms. The molecule has 0 aliphatic carbocycles. The fourth-order valence-electron chi connectivity index (χ4n) is 3.07. The largest absolute Gasteiger partial charge is 0.481 e. The van der Waals surface area contributed by atoms with Crippen molar-refractivity contribution in [3.8, 4) is 0 Å². The summed E-state index contributed by atoms with van der Waals surface area (Å²) >= 11 is 0. The summed E-state index contributed by atoms with van der Waals surface area (Å²) in [6.07, 6.45) is -1.49. The minimum Gasteiger partial charge on any atom is -0.481 e. The van der Waals surface area contributed by atoms with Crippen LogP contribution in [0.1, 0.15) is 37.7 Å². The van der Waals surface area contributed by atoms with E-state index < -0.39 is 67.5 Å². The molecule has 0 aliphatic rings. The van der Waals surface area contributed by atoms with Gasteiger partial charge in [-0.05, 0) is 31.2 Å².